The van der Waals surface area contributed by atoms with Crippen LogP contribution in [0.25, 0.3) is 6.08 Å². The fraction of sp³-hybridized carbons (Fsp3) is 0.182. The molecule has 3 rings (SSSR count). The lowest BCUT2D eigenvalue weighted by molar-refractivity contribution is -0.112. The van der Waals surface area contributed by atoms with Gasteiger partial charge in [-0.15, -0.1) is 0 Å². The maximum Gasteiger partial charge on any atom is 0.268 e. The summed E-state index contributed by atoms with van der Waals surface area (Å²) < 4.78 is 38.6. The van der Waals surface area contributed by atoms with Crippen molar-refractivity contribution in [1.29, 1.82) is 5.26 Å². The van der Waals surface area contributed by atoms with E-state index in [1.54, 1.807) is 24.3 Å². The van der Waals surface area contributed by atoms with E-state index in [9.17, 15) is 18.5 Å². The number of sulfone groups is 1. The lowest BCUT2D eigenvalue weighted by atomic mass is 10.1. The molecule has 0 bridgehead atoms. The number of rotatable bonds is 9. The second-order valence-electron chi connectivity index (χ2n) is 6.70. The number of hydrogen-bond acceptors (Lipinski definition) is 9. The molecule has 1 amide bonds. The molecule has 0 spiro atoms. The molecule has 0 fully saturated rings. The third kappa shape index (κ3) is 6.11. The van der Waals surface area contributed by atoms with Crippen LogP contribution < -0.4 is 14.8 Å². The number of halogens is 1. The second-order valence-corrected chi connectivity index (χ2v) is 10.0. The standard InChI is InChI=1S/C22H19ClN4O5S2/c1-3-34(29,30)22-26-21(33-27-22)25-20(28)16(12-24)10-14-8-9-18(19(11-14)31-2)32-13-15-6-4-5-7-17(15)23/h4-11H,3,13H2,1-2H3,(H,25,26,27,28)/b16-10-. The van der Waals surface area contributed by atoms with E-state index >= 15 is 0 Å². The molecule has 1 N–H and O–H groups in total. The third-order valence-electron chi connectivity index (χ3n) is 4.49. The molecule has 0 saturated carbocycles. The fourth-order valence-corrected chi connectivity index (χ4v) is 4.43. The zero-order chi connectivity index (χ0) is 24.7. The number of ether oxygens (including phenoxy) is 2. The van der Waals surface area contributed by atoms with Crippen LogP contribution in [0.3, 0.4) is 0 Å². The van der Waals surface area contributed by atoms with E-state index in [0.717, 1.165) is 5.56 Å². The van der Waals surface area contributed by atoms with Crippen molar-refractivity contribution in [2.75, 3.05) is 18.2 Å². The lowest BCUT2D eigenvalue weighted by Crippen LogP contribution is -2.13. The lowest BCUT2D eigenvalue weighted by Gasteiger charge is -2.12. The number of hydrogen-bond donors (Lipinski definition) is 1. The molecule has 0 radical (unpaired) electrons. The van der Waals surface area contributed by atoms with E-state index in [1.165, 1.54) is 20.1 Å². The molecular formula is C22H19ClN4O5S2. The van der Waals surface area contributed by atoms with Crippen molar-refractivity contribution in [2.24, 2.45) is 0 Å². The molecule has 3 aromatic rings. The summed E-state index contributed by atoms with van der Waals surface area (Å²) in [7, 11) is -2.13. The molecule has 1 heterocycles. The quantitative estimate of drug-likeness (QED) is 0.330. The molecule has 12 heteroatoms. The van der Waals surface area contributed by atoms with Crippen molar-refractivity contribution in [3.05, 3.63) is 64.2 Å². The Morgan fingerprint density at radius 2 is 2.03 bits per heavy atom. The summed E-state index contributed by atoms with van der Waals surface area (Å²) in [5, 5.41) is 12.0. The molecule has 0 aliphatic heterocycles. The number of benzene rings is 2. The molecule has 0 aliphatic rings. The first kappa shape index (κ1) is 25.2. The van der Waals surface area contributed by atoms with Gasteiger partial charge in [0.25, 0.3) is 11.1 Å². The fourth-order valence-electron chi connectivity index (χ4n) is 2.66. The number of amides is 1. The summed E-state index contributed by atoms with van der Waals surface area (Å²) in [6.45, 7) is 1.70. The Bertz CT molecular complexity index is 1380. The highest BCUT2D eigenvalue weighted by Gasteiger charge is 2.20. The highest BCUT2D eigenvalue weighted by molar-refractivity contribution is 7.91. The average Bonchev–Trinajstić information content (AvgIpc) is 3.31. The summed E-state index contributed by atoms with van der Waals surface area (Å²) in [4.78, 5) is 16.3. The van der Waals surface area contributed by atoms with Gasteiger partial charge in [0, 0.05) is 22.1 Å². The number of methoxy groups -OCH3 is 1. The molecule has 1 aromatic heterocycles. The molecule has 34 heavy (non-hydrogen) atoms. The van der Waals surface area contributed by atoms with E-state index in [1.807, 2.05) is 24.3 Å². The zero-order valence-electron chi connectivity index (χ0n) is 18.1. The molecule has 0 unspecified atom stereocenters. The first-order chi connectivity index (χ1) is 16.3. The number of nitriles is 1. The number of carbonyl (C=O) groups excluding carboxylic acids is 1. The Morgan fingerprint density at radius 3 is 2.71 bits per heavy atom. The van der Waals surface area contributed by atoms with Gasteiger partial charge < -0.3 is 9.47 Å². The molecule has 0 atom stereocenters. The van der Waals surface area contributed by atoms with Crippen LogP contribution >= 0.6 is 23.1 Å². The van der Waals surface area contributed by atoms with Crippen molar-refractivity contribution < 1.29 is 22.7 Å². The van der Waals surface area contributed by atoms with Gasteiger partial charge in [-0.2, -0.15) is 14.6 Å². The predicted molar refractivity (Wildman–Crippen MR) is 129 cm³/mol. The van der Waals surface area contributed by atoms with Crippen LogP contribution in [-0.2, 0) is 21.2 Å². The van der Waals surface area contributed by atoms with E-state index in [0.29, 0.717) is 33.6 Å². The van der Waals surface area contributed by atoms with Crippen LogP contribution in [0.4, 0.5) is 5.13 Å². The Morgan fingerprint density at radius 1 is 1.26 bits per heavy atom. The smallest absolute Gasteiger partial charge is 0.268 e. The van der Waals surface area contributed by atoms with Crippen molar-refractivity contribution in [2.45, 2.75) is 18.7 Å². The van der Waals surface area contributed by atoms with Crippen LogP contribution in [0, 0.1) is 11.3 Å². The van der Waals surface area contributed by atoms with Gasteiger partial charge in [-0.1, -0.05) is 42.8 Å². The minimum Gasteiger partial charge on any atom is -0.493 e. The van der Waals surface area contributed by atoms with Crippen molar-refractivity contribution in [3.63, 3.8) is 0 Å². The molecule has 0 saturated heterocycles. The van der Waals surface area contributed by atoms with Crippen molar-refractivity contribution >= 4 is 50.1 Å². The van der Waals surface area contributed by atoms with E-state index in [-0.39, 0.29) is 28.2 Å². The summed E-state index contributed by atoms with van der Waals surface area (Å²) in [5.74, 6) is -0.0596. The van der Waals surface area contributed by atoms with Gasteiger partial charge >= 0.3 is 0 Å². The summed E-state index contributed by atoms with van der Waals surface area (Å²) in [6.07, 6.45) is 1.36. The summed E-state index contributed by atoms with van der Waals surface area (Å²) in [6, 6.07) is 14.1. The van der Waals surface area contributed by atoms with Gasteiger partial charge in [0.1, 0.15) is 18.2 Å². The predicted octanol–water partition coefficient (Wildman–Crippen LogP) is 4.12. The topological polar surface area (TPSA) is 131 Å². The number of carbonyl (C=O) groups is 1. The molecule has 9 nitrogen and oxygen atoms in total. The SMILES string of the molecule is CCS(=O)(=O)c1nsc(NC(=O)/C(C#N)=C\c2ccc(OCc3ccccc3Cl)c(OC)c2)n1. The average molecular weight is 519 g/mol. The Balaban J connectivity index is 1.75. The second kappa shape index (κ2) is 11.1. The van der Waals surface area contributed by atoms with Crippen LogP contribution in [0.2, 0.25) is 5.02 Å². The van der Waals surface area contributed by atoms with Gasteiger partial charge in [-0.05, 0) is 29.8 Å². The molecule has 176 valence electrons. The number of nitrogens with zero attached hydrogens (tertiary/aromatic N) is 3. The largest absolute Gasteiger partial charge is 0.493 e. The Hall–Kier alpha value is -3.46. The highest BCUT2D eigenvalue weighted by Crippen LogP contribution is 2.30. The number of nitrogens with one attached hydrogen (secondary N) is 1. The van der Waals surface area contributed by atoms with Crippen LogP contribution in [0.1, 0.15) is 18.1 Å². The highest BCUT2D eigenvalue weighted by atomic mass is 35.5. The minimum absolute atomic E-state index is 0.0286. The monoisotopic (exact) mass is 518 g/mol. The first-order valence-corrected chi connectivity index (χ1v) is 12.6. The van der Waals surface area contributed by atoms with E-state index in [4.69, 9.17) is 21.1 Å². The Kier molecular flexibility index (Phi) is 8.22. The van der Waals surface area contributed by atoms with Crippen LogP contribution in [0.5, 0.6) is 11.5 Å². The normalized spacial score (nSPS) is 11.5. The van der Waals surface area contributed by atoms with E-state index < -0.39 is 15.7 Å². The minimum atomic E-state index is -3.60. The van der Waals surface area contributed by atoms with Crippen molar-refractivity contribution in [3.8, 4) is 17.6 Å². The van der Waals surface area contributed by atoms with Gasteiger partial charge in [-0.3, -0.25) is 10.1 Å². The maximum atomic E-state index is 12.5. The summed E-state index contributed by atoms with van der Waals surface area (Å²) >= 11 is 6.87. The van der Waals surface area contributed by atoms with Gasteiger partial charge in [0.05, 0.1) is 12.9 Å². The maximum absolute atomic E-state index is 12.5. The number of anilines is 1. The van der Waals surface area contributed by atoms with Gasteiger partial charge in [0.15, 0.2) is 11.5 Å². The summed E-state index contributed by atoms with van der Waals surface area (Å²) in [5.41, 5.74) is 1.10. The van der Waals surface area contributed by atoms with E-state index in [2.05, 4.69) is 14.7 Å². The van der Waals surface area contributed by atoms with Crippen molar-refractivity contribution in [1.82, 2.24) is 9.36 Å². The molecule has 0 aliphatic carbocycles. The van der Waals surface area contributed by atoms with Gasteiger partial charge in [0.2, 0.25) is 15.0 Å². The van der Waals surface area contributed by atoms with Crippen LogP contribution in [0.15, 0.2) is 53.2 Å². The number of aromatic nitrogens is 2. The third-order valence-corrected chi connectivity index (χ3v) is 7.10. The molecule has 2 aromatic carbocycles. The zero-order valence-corrected chi connectivity index (χ0v) is 20.5. The molecular weight excluding hydrogens is 500 g/mol. The first-order valence-electron chi connectivity index (χ1n) is 9.81. The Labute approximate surface area is 205 Å². The van der Waals surface area contributed by atoms with Gasteiger partial charge in [-0.25, -0.2) is 8.42 Å². The van der Waals surface area contributed by atoms with Crippen LogP contribution in [-0.4, -0.2) is 36.5 Å².